The van der Waals surface area contributed by atoms with Gasteiger partial charge >= 0.3 is 0 Å². The van der Waals surface area contributed by atoms with Crippen molar-refractivity contribution in [2.75, 3.05) is 30.4 Å². The molecule has 0 fully saturated rings. The van der Waals surface area contributed by atoms with E-state index in [4.69, 9.17) is 16.3 Å². The van der Waals surface area contributed by atoms with Gasteiger partial charge in [0.2, 0.25) is 11.8 Å². The highest BCUT2D eigenvalue weighted by Crippen LogP contribution is 2.31. The maximum atomic E-state index is 13.0. The van der Waals surface area contributed by atoms with Gasteiger partial charge in [-0.2, -0.15) is 0 Å². The van der Waals surface area contributed by atoms with Gasteiger partial charge in [-0.25, -0.2) is 0 Å². The van der Waals surface area contributed by atoms with Crippen LogP contribution in [-0.4, -0.2) is 48.9 Å². The quantitative estimate of drug-likeness (QED) is 0.814. The Labute approximate surface area is 174 Å². The van der Waals surface area contributed by atoms with Crippen molar-refractivity contribution in [3.8, 4) is 5.75 Å². The number of fused-ring (bicyclic) bond motifs is 1. The zero-order chi connectivity index (χ0) is 21.0. The summed E-state index contributed by atoms with van der Waals surface area (Å²) in [7, 11) is 1.54. The SMILES string of the molecule is C[C@@H]1CC(=O)Nc2ccccc2N1C(=O)CN(C)C(=O)COc1ccc(Cl)cc1. The van der Waals surface area contributed by atoms with E-state index in [9.17, 15) is 14.4 Å². The predicted octanol–water partition coefficient (Wildman–Crippen LogP) is 2.94. The molecule has 152 valence electrons. The Hall–Kier alpha value is -3.06. The van der Waals surface area contributed by atoms with Gasteiger partial charge in [0.25, 0.3) is 5.91 Å². The Morgan fingerprint density at radius 3 is 2.62 bits per heavy atom. The van der Waals surface area contributed by atoms with Crippen LogP contribution in [0.5, 0.6) is 5.75 Å². The van der Waals surface area contributed by atoms with Gasteiger partial charge in [0, 0.05) is 24.5 Å². The normalized spacial score (nSPS) is 15.8. The average Bonchev–Trinajstić information content (AvgIpc) is 2.81. The van der Waals surface area contributed by atoms with Crippen LogP contribution in [-0.2, 0) is 14.4 Å². The van der Waals surface area contributed by atoms with Crippen LogP contribution >= 0.6 is 11.6 Å². The van der Waals surface area contributed by atoms with E-state index < -0.39 is 0 Å². The Morgan fingerprint density at radius 1 is 1.21 bits per heavy atom. The van der Waals surface area contributed by atoms with Crippen LogP contribution in [0.4, 0.5) is 11.4 Å². The van der Waals surface area contributed by atoms with Gasteiger partial charge in [-0.3, -0.25) is 14.4 Å². The first kappa shape index (κ1) is 20.7. The molecule has 0 radical (unpaired) electrons. The van der Waals surface area contributed by atoms with E-state index in [0.29, 0.717) is 22.1 Å². The summed E-state index contributed by atoms with van der Waals surface area (Å²) >= 11 is 5.83. The lowest BCUT2D eigenvalue weighted by Crippen LogP contribution is -2.46. The number of carbonyl (C=O) groups excluding carboxylic acids is 3. The number of benzene rings is 2. The van der Waals surface area contributed by atoms with Gasteiger partial charge in [-0.05, 0) is 43.3 Å². The molecule has 1 aliphatic rings. The number of hydrogen-bond donors (Lipinski definition) is 1. The number of anilines is 2. The fraction of sp³-hybridized carbons (Fsp3) is 0.286. The average molecular weight is 416 g/mol. The summed E-state index contributed by atoms with van der Waals surface area (Å²) in [5.74, 6) is -0.245. The van der Waals surface area contributed by atoms with E-state index in [2.05, 4.69) is 5.32 Å². The maximum absolute atomic E-state index is 13.0. The minimum Gasteiger partial charge on any atom is -0.484 e. The minimum atomic E-state index is -0.335. The van der Waals surface area contributed by atoms with E-state index in [1.54, 1.807) is 60.5 Å². The summed E-state index contributed by atoms with van der Waals surface area (Å²) in [6.07, 6.45) is 0.178. The summed E-state index contributed by atoms with van der Waals surface area (Å²) in [5, 5.41) is 3.39. The van der Waals surface area contributed by atoms with Crippen molar-refractivity contribution in [3.63, 3.8) is 0 Å². The fourth-order valence-corrected chi connectivity index (χ4v) is 3.25. The van der Waals surface area contributed by atoms with Gasteiger partial charge in [0.05, 0.1) is 17.9 Å². The molecule has 2 aromatic rings. The van der Waals surface area contributed by atoms with E-state index in [-0.39, 0.29) is 43.3 Å². The predicted molar refractivity (Wildman–Crippen MR) is 111 cm³/mol. The second-order valence-electron chi connectivity index (χ2n) is 6.87. The molecular formula is C21H22ClN3O4. The van der Waals surface area contributed by atoms with Crippen LogP contribution in [0, 0.1) is 0 Å². The van der Waals surface area contributed by atoms with Gasteiger partial charge < -0.3 is 19.9 Å². The number of para-hydroxylation sites is 2. The number of nitrogens with zero attached hydrogens (tertiary/aromatic N) is 2. The number of carbonyl (C=O) groups is 3. The Morgan fingerprint density at radius 2 is 1.90 bits per heavy atom. The molecule has 29 heavy (non-hydrogen) atoms. The lowest BCUT2D eigenvalue weighted by atomic mass is 10.1. The van der Waals surface area contributed by atoms with Crippen molar-refractivity contribution in [2.24, 2.45) is 0 Å². The zero-order valence-corrected chi connectivity index (χ0v) is 17.0. The van der Waals surface area contributed by atoms with Crippen LogP contribution in [0.25, 0.3) is 0 Å². The smallest absolute Gasteiger partial charge is 0.260 e. The number of halogens is 1. The topological polar surface area (TPSA) is 79.0 Å². The molecule has 0 saturated carbocycles. The summed E-state index contributed by atoms with van der Waals surface area (Å²) < 4.78 is 5.45. The molecule has 0 saturated heterocycles. The van der Waals surface area contributed by atoms with Gasteiger partial charge in [0.15, 0.2) is 6.61 Å². The second-order valence-corrected chi connectivity index (χ2v) is 7.31. The first-order valence-electron chi connectivity index (χ1n) is 9.18. The van der Waals surface area contributed by atoms with E-state index in [0.717, 1.165) is 0 Å². The van der Waals surface area contributed by atoms with Crippen molar-refractivity contribution in [2.45, 2.75) is 19.4 Å². The highest BCUT2D eigenvalue weighted by atomic mass is 35.5. The standard InChI is InChI=1S/C21H22ClN3O4/c1-14-11-19(26)23-17-5-3-4-6-18(17)25(14)20(27)12-24(2)21(28)13-29-16-9-7-15(22)8-10-16/h3-10,14H,11-13H2,1-2H3,(H,23,26)/t14-/m1/s1. The fourth-order valence-electron chi connectivity index (χ4n) is 3.12. The molecule has 3 rings (SSSR count). The second kappa shape index (κ2) is 8.96. The van der Waals surface area contributed by atoms with Gasteiger partial charge in [0.1, 0.15) is 5.75 Å². The van der Waals surface area contributed by atoms with Crippen molar-refractivity contribution >= 4 is 40.7 Å². The van der Waals surface area contributed by atoms with Crippen molar-refractivity contribution < 1.29 is 19.1 Å². The van der Waals surface area contributed by atoms with Crippen molar-refractivity contribution in [1.82, 2.24) is 4.90 Å². The lowest BCUT2D eigenvalue weighted by molar-refractivity contribution is -0.135. The summed E-state index contributed by atoms with van der Waals surface area (Å²) in [5.41, 5.74) is 1.20. The summed E-state index contributed by atoms with van der Waals surface area (Å²) in [6, 6.07) is 13.5. The highest BCUT2D eigenvalue weighted by Gasteiger charge is 2.30. The molecular weight excluding hydrogens is 394 g/mol. The number of nitrogens with one attached hydrogen (secondary N) is 1. The van der Waals surface area contributed by atoms with Crippen molar-refractivity contribution in [3.05, 3.63) is 53.6 Å². The molecule has 0 aliphatic carbocycles. The molecule has 1 N–H and O–H groups in total. The van der Waals surface area contributed by atoms with Crippen LogP contribution in [0.1, 0.15) is 13.3 Å². The highest BCUT2D eigenvalue weighted by molar-refractivity contribution is 6.30. The molecule has 0 aromatic heterocycles. The maximum Gasteiger partial charge on any atom is 0.260 e. The molecule has 1 atom stereocenters. The molecule has 1 heterocycles. The molecule has 3 amide bonds. The number of hydrogen-bond acceptors (Lipinski definition) is 4. The molecule has 2 aromatic carbocycles. The third-order valence-corrected chi connectivity index (χ3v) is 4.85. The number of likely N-dealkylation sites (N-methyl/N-ethyl adjacent to an activating group) is 1. The van der Waals surface area contributed by atoms with E-state index >= 15 is 0 Å². The van der Waals surface area contributed by atoms with Crippen LogP contribution in [0.3, 0.4) is 0 Å². The third-order valence-electron chi connectivity index (χ3n) is 4.60. The largest absolute Gasteiger partial charge is 0.484 e. The van der Waals surface area contributed by atoms with Crippen LogP contribution in [0.2, 0.25) is 5.02 Å². The van der Waals surface area contributed by atoms with Crippen LogP contribution < -0.4 is 15.0 Å². The summed E-state index contributed by atoms with van der Waals surface area (Å²) in [4.78, 5) is 40.3. The van der Waals surface area contributed by atoms with Gasteiger partial charge in [-0.1, -0.05) is 23.7 Å². The molecule has 0 bridgehead atoms. The van der Waals surface area contributed by atoms with Crippen LogP contribution in [0.15, 0.2) is 48.5 Å². The molecule has 8 heteroatoms. The van der Waals surface area contributed by atoms with Gasteiger partial charge in [-0.15, -0.1) is 0 Å². The number of rotatable bonds is 5. The van der Waals surface area contributed by atoms with Crippen molar-refractivity contribution in [1.29, 1.82) is 0 Å². The molecule has 0 spiro atoms. The third kappa shape index (κ3) is 5.06. The van der Waals surface area contributed by atoms with E-state index in [1.807, 2.05) is 6.92 Å². The Bertz CT molecular complexity index is 916. The summed E-state index contributed by atoms with van der Waals surface area (Å²) in [6.45, 7) is 1.48. The molecule has 7 nitrogen and oxygen atoms in total. The van der Waals surface area contributed by atoms with E-state index in [1.165, 1.54) is 4.90 Å². The minimum absolute atomic E-state index is 0.129. The number of amides is 3. The first-order valence-corrected chi connectivity index (χ1v) is 9.56. The Balaban J connectivity index is 1.65. The monoisotopic (exact) mass is 415 g/mol. The molecule has 0 unspecified atom stereocenters. The Kier molecular flexibility index (Phi) is 6.39. The molecule has 1 aliphatic heterocycles. The first-order chi connectivity index (χ1) is 13.8. The lowest BCUT2D eigenvalue weighted by Gasteiger charge is -2.29. The zero-order valence-electron chi connectivity index (χ0n) is 16.2. The number of ether oxygens (including phenoxy) is 1.